The van der Waals surface area contributed by atoms with Gasteiger partial charge in [-0.25, -0.2) is 0 Å². The summed E-state index contributed by atoms with van der Waals surface area (Å²) in [6.45, 7) is 10.9. The van der Waals surface area contributed by atoms with Gasteiger partial charge in [0.25, 0.3) is 0 Å². The van der Waals surface area contributed by atoms with Crippen LogP contribution in [0.3, 0.4) is 0 Å². The molecule has 1 heterocycles. The molecule has 0 bridgehead atoms. The molecule has 0 unspecified atom stereocenters. The van der Waals surface area contributed by atoms with Crippen LogP contribution in [0.2, 0.25) is 0 Å². The average Bonchev–Trinajstić information content (AvgIpc) is 3.49. The molecular formula is C29H40N2O4. The third-order valence-electron chi connectivity index (χ3n) is 7.48. The summed E-state index contributed by atoms with van der Waals surface area (Å²) >= 11 is 0. The van der Waals surface area contributed by atoms with E-state index in [2.05, 4.69) is 31.2 Å². The van der Waals surface area contributed by atoms with Gasteiger partial charge >= 0.3 is 5.97 Å². The number of carboxylic acid groups (broad SMARTS) is 1. The van der Waals surface area contributed by atoms with Crippen molar-refractivity contribution in [2.75, 3.05) is 5.32 Å². The Kier molecular flexibility index (Phi) is 7.39. The number of aromatic nitrogens is 1. The van der Waals surface area contributed by atoms with Crippen LogP contribution in [-0.4, -0.2) is 22.1 Å². The minimum Gasteiger partial charge on any atom is -0.481 e. The van der Waals surface area contributed by atoms with Crippen LogP contribution in [0.1, 0.15) is 106 Å². The van der Waals surface area contributed by atoms with Crippen molar-refractivity contribution in [3.8, 4) is 0 Å². The lowest BCUT2D eigenvalue weighted by Crippen LogP contribution is -2.27. The number of hydrogen-bond acceptors (Lipinski definition) is 4. The number of amides is 1. The fourth-order valence-corrected chi connectivity index (χ4v) is 5.62. The summed E-state index contributed by atoms with van der Waals surface area (Å²) < 4.78 is 5.94. The molecule has 2 N–H and O–H groups in total. The average molecular weight is 481 g/mol. The van der Waals surface area contributed by atoms with Crippen molar-refractivity contribution in [2.45, 2.75) is 97.8 Å². The Morgan fingerprint density at radius 2 is 1.89 bits per heavy atom. The molecule has 2 fully saturated rings. The zero-order valence-electron chi connectivity index (χ0n) is 21.8. The first-order valence-corrected chi connectivity index (χ1v) is 13.1. The Balaban J connectivity index is 1.50. The first kappa shape index (κ1) is 25.5. The summed E-state index contributed by atoms with van der Waals surface area (Å²) in [5.41, 5.74) is 5.29. The van der Waals surface area contributed by atoms with Gasteiger partial charge in [-0.2, -0.15) is 0 Å². The Bertz CT molecular complexity index is 1070. The minimum absolute atomic E-state index is 0.0501. The van der Waals surface area contributed by atoms with Crippen LogP contribution < -0.4 is 5.32 Å². The number of anilines is 1. The lowest BCUT2D eigenvalue weighted by molar-refractivity contribution is -0.137. The highest BCUT2D eigenvalue weighted by atomic mass is 16.5. The minimum atomic E-state index is -0.892. The predicted molar refractivity (Wildman–Crippen MR) is 137 cm³/mol. The number of aliphatic carboxylic acids is 1. The summed E-state index contributed by atoms with van der Waals surface area (Å²) in [7, 11) is 0. The zero-order valence-corrected chi connectivity index (χ0v) is 21.8. The van der Waals surface area contributed by atoms with Crippen LogP contribution in [0.4, 0.5) is 5.69 Å². The topological polar surface area (TPSA) is 92.4 Å². The van der Waals surface area contributed by atoms with E-state index in [1.807, 2.05) is 32.0 Å². The second-order valence-electron chi connectivity index (χ2n) is 12.1. The number of aryl methyl sites for hydroxylation is 2. The Hall–Kier alpha value is -2.63. The zero-order chi connectivity index (χ0) is 25.3. The molecule has 0 saturated heterocycles. The number of carbonyl (C=O) groups excluding carboxylic acids is 1. The normalized spacial score (nSPS) is 20.8. The quantitative estimate of drug-likeness (QED) is 0.392. The van der Waals surface area contributed by atoms with E-state index >= 15 is 0 Å². The second-order valence-corrected chi connectivity index (χ2v) is 12.1. The van der Waals surface area contributed by atoms with Crippen molar-refractivity contribution in [3.05, 3.63) is 46.3 Å². The molecule has 0 spiro atoms. The van der Waals surface area contributed by atoms with E-state index in [0.717, 1.165) is 59.9 Å². The van der Waals surface area contributed by atoms with E-state index in [-0.39, 0.29) is 18.7 Å². The fourth-order valence-electron chi connectivity index (χ4n) is 5.62. The van der Waals surface area contributed by atoms with E-state index in [4.69, 9.17) is 4.52 Å². The van der Waals surface area contributed by atoms with E-state index in [9.17, 15) is 14.7 Å². The van der Waals surface area contributed by atoms with E-state index in [0.29, 0.717) is 23.7 Å². The molecule has 4 rings (SSSR count). The molecule has 1 aromatic heterocycles. The van der Waals surface area contributed by atoms with E-state index < -0.39 is 11.9 Å². The van der Waals surface area contributed by atoms with Crippen molar-refractivity contribution >= 4 is 17.6 Å². The highest BCUT2D eigenvalue weighted by molar-refractivity contribution is 5.93. The Morgan fingerprint density at radius 1 is 1.17 bits per heavy atom. The molecule has 6 heteroatoms. The number of benzene rings is 1. The van der Waals surface area contributed by atoms with Gasteiger partial charge in [0.2, 0.25) is 5.91 Å². The van der Waals surface area contributed by atoms with Crippen molar-refractivity contribution in [1.82, 2.24) is 5.16 Å². The van der Waals surface area contributed by atoms with Gasteiger partial charge in [0.1, 0.15) is 5.76 Å². The smallest absolute Gasteiger partial charge is 0.303 e. The molecule has 0 radical (unpaired) electrons. The SMILES string of the molecule is Cc1ccc(NC(=O)[C@@H](CCC(=O)O)Cc2noc([C@H]3C[C@@H](CC(C)(C)C)C3)c2C2CC2)c(C)c1. The molecule has 2 aromatic rings. The third-order valence-corrected chi connectivity index (χ3v) is 7.48. The van der Waals surface area contributed by atoms with Crippen LogP contribution in [0.5, 0.6) is 0 Å². The maximum atomic E-state index is 13.3. The molecule has 6 nitrogen and oxygen atoms in total. The largest absolute Gasteiger partial charge is 0.481 e. The molecular weight excluding hydrogens is 440 g/mol. The van der Waals surface area contributed by atoms with Gasteiger partial charge in [0.05, 0.1) is 5.69 Å². The summed E-state index contributed by atoms with van der Waals surface area (Å²) in [6, 6.07) is 5.91. The second kappa shape index (κ2) is 10.2. The van der Waals surface area contributed by atoms with Crippen LogP contribution in [0.25, 0.3) is 0 Å². The van der Waals surface area contributed by atoms with Gasteiger partial charge in [-0.3, -0.25) is 9.59 Å². The fraction of sp³-hybridized carbons (Fsp3) is 0.621. The van der Waals surface area contributed by atoms with Gasteiger partial charge < -0.3 is 14.9 Å². The monoisotopic (exact) mass is 480 g/mol. The number of nitrogens with zero attached hydrogens (tertiary/aromatic N) is 1. The van der Waals surface area contributed by atoms with Gasteiger partial charge in [-0.05, 0) is 81.3 Å². The molecule has 1 amide bonds. The maximum absolute atomic E-state index is 13.3. The molecule has 1 atom stereocenters. The summed E-state index contributed by atoms with van der Waals surface area (Å²) in [5, 5.41) is 16.8. The third kappa shape index (κ3) is 6.53. The van der Waals surface area contributed by atoms with Gasteiger partial charge in [0.15, 0.2) is 0 Å². The number of carboxylic acids is 1. The van der Waals surface area contributed by atoms with E-state index in [1.54, 1.807) is 0 Å². The Labute approximate surface area is 208 Å². The van der Waals surface area contributed by atoms with Crippen LogP contribution >= 0.6 is 0 Å². The molecule has 190 valence electrons. The standard InChI is InChI=1S/C29H40N2O4/c1-17-6-10-23(18(2)12-17)30-28(34)21(9-11-25(32)33)15-24-26(20-7-8-20)27(35-31-24)22-13-19(14-22)16-29(3,4)5/h6,10,12,19-22H,7-9,11,13-16H2,1-5H3,(H,30,34)(H,32,33)/t19-,21-,22+/m0/s1. The van der Waals surface area contributed by atoms with Gasteiger partial charge in [-0.15, -0.1) is 0 Å². The summed E-state index contributed by atoms with van der Waals surface area (Å²) in [5.74, 6) is 1.12. The van der Waals surface area contributed by atoms with E-state index in [1.165, 1.54) is 12.0 Å². The molecule has 0 aliphatic heterocycles. The highest BCUT2D eigenvalue weighted by Gasteiger charge is 2.41. The van der Waals surface area contributed by atoms with Crippen LogP contribution in [-0.2, 0) is 16.0 Å². The first-order chi connectivity index (χ1) is 16.5. The lowest BCUT2D eigenvalue weighted by Gasteiger charge is -2.38. The van der Waals surface area contributed by atoms with Crippen LogP contribution in [0.15, 0.2) is 22.7 Å². The number of nitrogens with one attached hydrogen (secondary N) is 1. The predicted octanol–water partition coefficient (Wildman–Crippen LogP) is 6.76. The molecule has 2 aliphatic carbocycles. The molecule has 2 aliphatic rings. The number of carbonyl (C=O) groups is 2. The number of hydrogen-bond donors (Lipinski definition) is 2. The van der Waals surface area contributed by atoms with Crippen molar-refractivity contribution in [1.29, 1.82) is 0 Å². The maximum Gasteiger partial charge on any atom is 0.303 e. The van der Waals surface area contributed by atoms with Crippen LogP contribution in [0, 0.1) is 31.1 Å². The van der Waals surface area contributed by atoms with Gasteiger partial charge in [-0.1, -0.05) is 43.6 Å². The summed E-state index contributed by atoms with van der Waals surface area (Å²) in [4.78, 5) is 24.6. The summed E-state index contributed by atoms with van der Waals surface area (Å²) in [6.07, 6.45) is 6.40. The van der Waals surface area contributed by atoms with Crippen molar-refractivity contribution in [2.24, 2.45) is 17.3 Å². The first-order valence-electron chi connectivity index (χ1n) is 13.1. The van der Waals surface area contributed by atoms with Gasteiger partial charge in [0, 0.05) is 35.9 Å². The Morgan fingerprint density at radius 3 is 2.49 bits per heavy atom. The molecule has 35 heavy (non-hydrogen) atoms. The molecule has 1 aromatic carbocycles. The number of rotatable bonds is 10. The molecule has 2 saturated carbocycles. The highest BCUT2D eigenvalue weighted by Crippen LogP contribution is 2.52. The van der Waals surface area contributed by atoms with Crippen molar-refractivity contribution in [3.63, 3.8) is 0 Å². The van der Waals surface area contributed by atoms with Crippen molar-refractivity contribution < 1.29 is 19.2 Å². The lowest BCUT2D eigenvalue weighted by atomic mass is 9.67.